The van der Waals surface area contributed by atoms with Crippen molar-refractivity contribution in [3.8, 4) is 89.8 Å². The minimum absolute atomic E-state index is 0.625. The van der Waals surface area contributed by atoms with Crippen molar-refractivity contribution in [1.82, 2.24) is 15.0 Å². The highest BCUT2D eigenvalue weighted by atomic mass is 32.1. The minimum atomic E-state index is 0.625. The summed E-state index contributed by atoms with van der Waals surface area (Å²) in [7, 11) is 0. The molecule has 0 amide bonds. The molecule has 0 aliphatic carbocycles. The molecule has 61 heavy (non-hydrogen) atoms. The average Bonchev–Trinajstić information content (AvgIpc) is 3.74. The van der Waals surface area contributed by atoms with Crippen LogP contribution in [-0.2, 0) is 0 Å². The van der Waals surface area contributed by atoms with Gasteiger partial charge in [-0.05, 0) is 67.8 Å². The summed E-state index contributed by atoms with van der Waals surface area (Å²) in [6.07, 6.45) is 0. The van der Waals surface area contributed by atoms with E-state index in [4.69, 9.17) is 15.0 Å². The fraction of sp³-hybridized carbons (Fsp3) is 0. The number of benzene rings is 9. The maximum absolute atomic E-state index is 5.19. The van der Waals surface area contributed by atoms with Gasteiger partial charge in [0.15, 0.2) is 17.5 Å². The van der Waals surface area contributed by atoms with Crippen LogP contribution < -0.4 is 0 Å². The molecule has 0 N–H and O–H groups in total. The molecule has 0 fully saturated rings. The second-order valence-corrected chi connectivity index (χ2v) is 16.2. The van der Waals surface area contributed by atoms with Gasteiger partial charge in [0.1, 0.15) is 0 Å². The largest absolute Gasteiger partial charge is 0.208 e. The first kappa shape index (κ1) is 36.3. The molecule has 0 radical (unpaired) electrons. The van der Waals surface area contributed by atoms with Crippen LogP contribution in [0.1, 0.15) is 0 Å². The predicted octanol–water partition coefficient (Wildman–Crippen LogP) is 15.6. The van der Waals surface area contributed by atoms with Crippen molar-refractivity contribution in [1.29, 1.82) is 0 Å². The molecule has 0 aliphatic rings. The Bertz CT molecular complexity index is 3220. The molecule has 0 spiro atoms. The highest BCUT2D eigenvalue weighted by Gasteiger charge is 2.18. The Kier molecular flexibility index (Phi) is 9.38. The molecule has 0 aliphatic heterocycles. The number of thiophene rings is 1. The second kappa shape index (κ2) is 15.8. The van der Waals surface area contributed by atoms with Crippen LogP contribution in [-0.4, -0.2) is 15.0 Å². The summed E-state index contributed by atoms with van der Waals surface area (Å²) < 4.78 is 2.65. The van der Waals surface area contributed by atoms with Crippen molar-refractivity contribution in [3.05, 3.63) is 224 Å². The molecular formula is C57H37N3S. The Morgan fingerprint density at radius 1 is 0.230 bits per heavy atom. The molecule has 286 valence electrons. The van der Waals surface area contributed by atoms with Crippen molar-refractivity contribution in [3.63, 3.8) is 0 Å². The Morgan fingerprint density at radius 2 is 0.590 bits per heavy atom. The summed E-state index contributed by atoms with van der Waals surface area (Å²) in [5, 5.41) is 2.66. The number of rotatable bonds is 8. The first-order valence-corrected chi connectivity index (χ1v) is 21.3. The Balaban J connectivity index is 0.918. The van der Waals surface area contributed by atoms with Gasteiger partial charge in [-0.15, -0.1) is 11.3 Å². The van der Waals surface area contributed by atoms with Gasteiger partial charge in [-0.25, -0.2) is 15.0 Å². The quantitative estimate of drug-likeness (QED) is 0.154. The van der Waals surface area contributed by atoms with E-state index in [1.54, 1.807) is 0 Å². The minimum Gasteiger partial charge on any atom is -0.208 e. The standard InChI is InChI=1S/C57H37N3S/c1-3-14-42(15-4-1)46-18-7-9-20-49(46)56-58-55(59-57(60-56)50-21-10-8-19-47(50)43-16-5-2-6-17-43)45-36-32-41(33-37-45)39-28-26-38(27-29-39)40-30-34-44(35-31-40)48-23-13-25-53-54(48)51-22-11-12-24-52(51)61-53/h1-37H. The summed E-state index contributed by atoms with van der Waals surface area (Å²) in [6.45, 7) is 0. The van der Waals surface area contributed by atoms with Gasteiger partial charge in [-0.1, -0.05) is 212 Å². The van der Waals surface area contributed by atoms with Gasteiger partial charge in [-0.2, -0.15) is 0 Å². The van der Waals surface area contributed by atoms with Crippen LogP contribution in [0.3, 0.4) is 0 Å². The van der Waals surface area contributed by atoms with Gasteiger partial charge < -0.3 is 0 Å². The van der Waals surface area contributed by atoms with Crippen LogP contribution in [0.2, 0.25) is 0 Å². The molecular weight excluding hydrogens is 759 g/mol. The van der Waals surface area contributed by atoms with Crippen LogP contribution >= 0.6 is 11.3 Å². The molecule has 2 heterocycles. The van der Waals surface area contributed by atoms with E-state index in [0.29, 0.717) is 17.5 Å². The molecule has 4 heteroatoms. The summed E-state index contributed by atoms with van der Waals surface area (Å²) in [5.74, 6) is 1.89. The first-order valence-electron chi connectivity index (χ1n) is 20.5. The molecule has 2 aromatic heterocycles. The van der Waals surface area contributed by atoms with Crippen LogP contribution in [0.25, 0.3) is 110 Å². The van der Waals surface area contributed by atoms with Crippen LogP contribution in [0, 0.1) is 0 Å². The van der Waals surface area contributed by atoms with Gasteiger partial charge in [0.05, 0.1) is 0 Å². The average molecular weight is 796 g/mol. The third kappa shape index (κ3) is 6.99. The number of nitrogens with zero attached hydrogens (tertiary/aromatic N) is 3. The van der Waals surface area contributed by atoms with E-state index in [9.17, 15) is 0 Å². The SMILES string of the molecule is c1ccc(-c2ccccc2-c2nc(-c3ccc(-c4ccc(-c5ccc(-c6cccc7sc8ccccc8c67)cc5)cc4)cc3)nc(-c3ccccc3-c3ccccc3)n2)cc1. The first-order chi connectivity index (χ1) is 30.2. The smallest absolute Gasteiger partial charge is 0.164 e. The molecule has 3 nitrogen and oxygen atoms in total. The molecule has 11 rings (SSSR count). The van der Waals surface area contributed by atoms with Gasteiger partial charge in [0.2, 0.25) is 0 Å². The fourth-order valence-corrected chi connectivity index (χ4v) is 9.50. The topological polar surface area (TPSA) is 38.7 Å². The van der Waals surface area contributed by atoms with Crippen molar-refractivity contribution < 1.29 is 0 Å². The lowest BCUT2D eigenvalue weighted by Gasteiger charge is -2.14. The second-order valence-electron chi connectivity index (χ2n) is 15.1. The van der Waals surface area contributed by atoms with Gasteiger partial charge in [-0.3, -0.25) is 0 Å². The van der Waals surface area contributed by atoms with E-state index in [1.807, 2.05) is 35.6 Å². The van der Waals surface area contributed by atoms with Gasteiger partial charge >= 0.3 is 0 Å². The summed E-state index contributed by atoms with van der Waals surface area (Å²) >= 11 is 1.86. The zero-order valence-corrected chi connectivity index (χ0v) is 33.9. The van der Waals surface area contributed by atoms with Gasteiger partial charge in [0, 0.05) is 36.9 Å². The Morgan fingerprint density at radius 3 is 1.11 bits per heavy atom. The number of hydrogen-bond donors (Lipinski definition) is 0. The van der Waals surface area contributed by atoms with Crippen molar-refractivity contribution in [2.75, 3.05) is 0 Å². The zero-order chi connectivity index (χ0) is 40.5. The molecule has 0 bridgehead atoms. The van der Waals surface area contributed by atoms with E-state index >= 15 is 0 Å². The van der Waals surface area contributed by atoms with Crippen molar-refractivity contribution >= 4 is 31.5 Å². The lowest BCUT2D eigenvalue weighted by Crippen LogP contribution is -2.02. The normalized spacial score (nSPS) is 11.3. The predicted molar refractivity (Wildman–Crippen MR) is 256 cm³/mol. The molecule has 0 saturated carbocycles. The highest BCUT2D eigenvalue weighted by molar-refractivity contribution is 7.25. The highest BCUT2D eigenvalue weighted by Crippen LogP contribution is 2.41. The molecule has 0 unspecified atom stereocenters. The van der Waals surface area contributed by atoms with Crippen LogP contribution in [0.4, 0.5) is 0 Å². The van der Waals surface area contributed by atoms with Crippen molar-refractivity contribution in [2.24, 2.45) is 0 Å². The monoisotopic (exact) mass is 795 g/mol. The van der Waals surface area contributed by atoms with Crippen LogP contribution in [0.5, 0.6) is 0 Å². The van der Waals surface area contributed by atoms with E-state index in [1.165, 1.54) is 42.4 Å². The maximum Gasteiger partial charge on any atom is 0.164 e. The lowest BCUT2D eigenvalue weighted by molar-refractivity contribution is 1.07. The third-order valence-electron chi connectivity index (χ3n) is 11.4. The fourth-order valence-electron chi connectivity index (χ4n) is 8.37. The van der Waals surface area contributed by atoms with Gasteiger partial charge in [0.25, 0.3) is 0 Å². The van der Waals surface area contributed by atoms with E-state index in [-0.39, 0.29) is 0 Å². The maximum atomic E-state index is 5.19. The summed E-state index contributed by atoms with van der Waals surface area (Å²) in [6, 6.07) is 79.2. The summed E-state index contributed by atoms with van der Waals surface area (Å²) in [4.78, 5) is 15.5. The zero-order valence-electron chi connectivity index (χ0n) is 33.1. The van der Waals surface area contributed by atoms with E-state index in [0.717, 1.165) is 50.1 Å². The molecule has 0 saturated heterocycles. The van der Waals surface area contributed by atoms with Crippen LogP contribution in [0.15, 0.2) is 224 Å². The number of hydrogen-bond acceptors (Lipinski definition) is 4. The van der Waals surface area contributed by atoms with E-state index < -0.39 is 0 Å². The Labute approximate surface area is 359 Å². The summed E-state index contributed by atoms with van der Waals surface area (Å²) in [5.41, 5.74) is 14.3. The number of aromatic nitrogens is 3. The molecule has 0 atom stereocenters. The third-order valence-corrected chi connectivity index (χ3v) is 12.6. The molecule has 9 aromatic carbocycles. The Hall–Kier alpha value is -7.79. The van der Waals surface area contributed by atoms with E-state index in [2.05, 4.69) is 200 Å². The van der Waals surface area contributed by atoms with Crippen molar-refractivity contribution in [2.45, 2.75) is 0 Å². The lowest BCUT2D eigenvalue weighted by atomic mass is 9.96. The molecule has 11 aromatic rings. The number of fused-ring (bicyclic) bond motifs is 3.